The molecule has 9 nitrogen and oxygen atoms in total. The molecule has 4 heterocycles. The molecule has 4 rings (SSSR count). The Hall–Kier alpha value is -3.49. The molecule has 29 heavy (non-hydrogen) atoms. The Bertz CT molecular complexity index is 1070. The van der Waals surface area contributed by atoms with Gasteiger partial charge in [0.25, 0.3) is 5.91 Å². The number of nitrogens with zero attached hydrogens (tertiary/aromatic N) is 6. The molecule has 3 aromatic heterocycles. The first kappa shape index (κ1) is 18.9. The average Bonchev–Trinajstić information content (AvgIpc) is 3.40. The van der Waals surface area contributed by atoms with Crippen LogP contribution in [0.5, 0.6) is 0 Å². The van der Waals surface area contributed by atoms with Crippen LogP contribution in [-0.4, -0.2) is 73.8 Å². The molecule has 0 saturated heterocycles. The summed E-state index contributed by atoms with van der Waals surface area (Å²) < 4.78 is 1.66. The van der Waals surface area contributed by atoms with Crippen LogP contribution in [0, 0.1) is 0 Å². The molecule has 0 radical (unpaired) electrons. The van der Waals surface area contributed by atoms with Gasteiger partial charge in [0.15, 0.2) is 0 Å². The summed E-state index contributed by atoms with van der Waals surface area (Å²) in [7, 11) is 3.43. The third-order valence-corrected chi connectivity index (χ3v) is 5.01. The van der Waals surface area contributed by atoms with E-state index in [0.717, 1.165) is 22.9 Å². The fourth-order valence-electron chi connectivity index (χ4n) is 3.43. The van der Waals surface area contributed by atoms with Crippen LogP contribution >= 0.6 is 0 Å². The highest BCUT2D eigenvalue weighted by Gasteiger charge is 2.20. The summed E-state index contributed by atoms with van der Waals surface area (Å²) in [5.41, 5.74) is 3.23. The van der Waals surface area contributed by atoms with Crippen molar-refractivity contribution in [1.29, 1.82) is 0 Å². The van der Waals surface area contributed by atoms with Crippen molar-refractivity contribution >= 4 is 28.4 Å². The molecular formula is C20H23N7O2. The highest BCUT2D eigenvalue weighted by Crippen LogP contribution is 2.24. The molecule has 0 bridgehead atoms. The van der Waals surface area contributed by atoms with Crippen LogP contribution in [0.2, 0.25) is 0 Å². The minimum Gasteiger partial charge on any atom is -0.344 e. The minimum absolute atomic E-state index is 0.0921. The number of hydrogen-bond donors (Lipinski definition) is 1. The lowest BCUT2D eigenvalue weighted by molar-refractivity contribution is -0.131. The van der Waals surface area contributed by atoms with Crippen molar-refractivity contribution in [2.75, 3.05) is 27.2 Å². The number of aryl methyl sites for hydroxylation is 1. The number of hydrogen-bond acceptors (Lipinski definition) is 5. The predicted molar refractivity (Wildman–Crippen MR) is 108 cm³/mol. The van der Waals surface area contributed by atoms with Gasteiger partial charge in [-0.3, -0.25) is 14.3 Å². The monoisotopic (exact) mass is 393 g/mol. The molecule has 0 unspecified atom stereocenters. The van der Waals surface area contributed by atoms with Crippen molar-refractivity contribution in [3.8, 4) is 0 Å². The van der Waals surface area contributed by atoms with E-state index in [1.54, 1.807) is 37.4 Å². The zero-order chi connectivity index (χ0) is 20.4. The normalized spacial score (nSPS) is 14.1. The Labute approximate surface area is 168 Å². The van der Waals surface area contributed by atoms with E-state index in [2.05, 4.69) is 26.4 Å². The van der Waals surface area contributed by atoms with Gasteiger partial charge in [-0.05, 0) is 29.7 Å². The first-order chi connectivity index (χ1) is 14.0. The summed E-state index contributed by atoms with van der Waals surface area (Å²) in [5.74, 6) is 0.00577. The number of amides is 2. The highest BCUT2D eigenvalue weighted by atomic mass is 16.2. The number of aromatic amines is 1. The second kappa shape index (κ2) is 7.86. The third-order valence-electron chi connectivity index (χ3n) is 5.01. The molecule has 0 saturated carbocycles. The van der Waals surface area contributed by atoms with Crippen LogP contribution in [0.1, 0.15) is 28.9 Å². The molecule has 1 aliphatic rings. The lowest BCUT2D eigenvalue weighted by Gasteiger charge is -2.27. The quantitative estimate of drug-likeness (QED) is 0.709. The molecule has 1 aliphatic heterocycles. The lowest BCUT2D eigenvalue weighted by Crippen LogP contribution is -2.36. The smallest absolute Gasteiger partial charge is 0.269 e. The van der Waals surface area contributed by atoms with Crippen molar-refractivity contribution in [2.24, 2.45) is 0 Å². The molecule has 0 spiro atoms. The average molecular weight is 393 g/mol. The van der Waals surface area contributed by atoms with Crippen molar-refractivity contribution in [3.63, 3.8) is 0 Å². The van der Waals surface area contributed by atoms with Crippen LogP contribution in [0.15, 0.2) is 36.8 Å². The van der Waals surface area contributed by atoms with Crippen LogP contribution in [0.4, 0.5) is 0 Å². The Balaban J connectivity index is 1.47. The summed E-state index contributed by atoms with van der Waals surface area (Å²) >= 11 is 0. The summed E-state index contributed by atoms with van der Waals surface area (Å²) in [6.07, 6.45) is 8.50. The molecular weight excluding hydrogens is 370 g/mol. The molecule has 0 aromatic carbocycles. The van der Waals surface area contributed by atoms with Gasteiger partial charge < -0.3 is 14.8 Å². The zero-order valence-electron chi connectivity index (χ0n) is 16.5. The van der Waals surface area contributed by atoms with E-state index < -0.39 is 0 Å². The van der Waals surface area contributed by atoms with Crippen molar-refractivity contribution in [2.45, 2.75) is 19.4 Å². The van der Waals surface area contributed by atoms with Gasteiger partial charge in [-0.2, -0.15) is 0 Å². The van der Waals surface area contributed by atoms with Crippen LogP contribution < -0.4 is 0 Å². The predicted octanol–water partition coefficient (Wildman–Crippen LogP) is 1.56. The number of nitrogens with one attached hydrogen (secondary N) is 1. The molecule has 0 atom stereocenters. The summed E-state index contributed by atoms with van der Waals surface area (Å²) in [6, 6.07) is 3.83. The summed E-state index contributed by atoms with van der Waals surface area (Å²) in [4.78, 5) is 35.7. The number of rotatable bonds is 5. The molecule has 2 amide bonds. The molecule has 0 aliphatic carbocycles. The number of carbonyl (C=O) groups is 2. The summed E-state index contributed by atoms with van der Waals surface area (Å²) in [5, 5.41) is 8.53. The van der Waals surface area contributed by atoms with E-state index >= 15 is 0 Å². The SMILES string of the molecule is CN(C)C(=O)c1cc2cc(C3=CCCN(C(=O)CCn4ccnn4)C3)cnc2[nH]1. The van der Waals surface area contributed by atoms with E-state index in [1.165, 1.54) is 4.90 Å². The van der Waals surface area contributed by atoms with Gasteiger partial charge >= 0.3 is 0 Å². The van der Waals surface area contributed by atoms with Crippen LogP contribution in [0.25, 0.3) is 16.6 Å². The molecule has 3 aromatic rings. The maximum atomic E-state index is 12.6. The largest absolute Gasteiger partial charge is 0.344 e. The van der Waals surface area contributed by atoms with Gasteiger partial charge in [0.2, 0.25) is 5.91 Å². The second-order valence-electron chi connectivity index (χ2n) is 7.29. The van der Waals surface area contributed by atoms with Crippen LogP contribution in [0.3, 0.4) is 0 Å². The topological polar surface area (TPSA) is 100 Å². The van der Waals surface area contributed by atoms with E-state index in [0.29, 0.717) is 37.4 Å². The third kappa shape index (κ3) is 4.03. The van der Waals surface area contributed by atoms with E-state index in [4.69, 9.17) is 0 Å². The second-order valence-corrected chi connectivity index (χ2v) is 7.29. The van der Waals surface area contributed by atoms with Crippen molar-refractivity contribution in [1.82, 2.24) is 34.8 Å². The van der Waals surface area contributed by atoms with Gasteiger partial charge in [-0.25, -0.2) is 4.98 Å². The summed E-state index contributed by atoms with van der Waals surface area (Å²) in [6.45, 7) is 1.78. The van der Waals surface area contributed by atoms with Crippen molar-refractivity contribution < 1.29 is 9.59 Å². The molecule has 0 fully saturated rings. The fraction of sp³-hybridized carbons (Fsp3) is 0.350. The molecule has 1 N–H and O–H groups in total. The Morgan fingerprint density at radius 3 is 2.90 bits per heavy atom. The number of carbonyl (C=O) groups excluding carboxylic acids is 2. The van der Waals surface area contributed by atoms with E-state index in [1.807, 2.05) is 17.0 Å². The van der Waals surface area contributed by atoms with Crippen molar-refractivity contribution in [3.05, 3.63) is 48.1 Å². The molecule has 150 valence electrons. The van der Waals surface area contributed by atoms with Gasteiger partial charge in [0.05, 0.1) is 12.7 Å². The van der Waals surface area contributed by atoms with E-state index in [9.17, 15) is 9.59 Å². The number of pyridine rings is 1. The Morgan fingerprint density at radius 1 is 1.28 bits per heavy atom. The standard InChI is InChI=1S/C20H23N7O2/c1-25(2)20(29)17-11-15-10-16(12-21-19(15)23-17)14-4-3-7-26(13-14)18(28)5-8-27-9-6-22-24-27/h4,6,9-12H,3,5,7-8,13H2,1-2H3,(H,21,23). The van der Waals surface area contributed by atoms with Crippen LogP contribution in [-0.2, 0) is 11.3 Å². The Morgan fingerprint density at radius 2 is 2.14 bits per heavy atom. The van der Waals surface area contributed by atoms with Gasteiger partial charge in [0, 0.05) is 51.4 Å². The maximum absolute atomic E-state index is 12.6. The maximum Gasteiger partial charge on any atom is 0.269 e. The first-order valence-corrected chi connectivity index (χ1v) is 9.53. The Kier molecular flexibility index (Phi) is 5.11. The van der Waals surface area contributed by atoms with Gasteiger partial charge in [0.1, 0.15) is 11.3 Å². The van der Waals surface area contributed by atoms with Gasteiger partial charge in [-0.15, -0.1) is 5.10 Å². The first-order valence-electron chi connectivity index (χ1n) is 9.53. The van der Waals surface area contributed by atoms with E-state index in [-0.39, 0.29) is 11.8 Å². The fourth-order valence-corrected chi connectivity index (χ4v) is 3.43. The highest BCUT2D eigenvalue weighted by molar-refractivity contribution is 5.97. The van der Waals surface area contributed by atoms with Gasteiger partial charge in [-0.1, -0.05) is 11.3 Å². The minimum atomic E-state index is -0.0921. The number of H-pyrrole nitrogens is 1. The zero-order valence-corrected chi connectivity index (χ0v) is 16.5. The lowest BCUT2D eigenvalue weighted by atomic mass is 10.0. The number of aromatic nitrogens is 5. The number of fused-ring (bicyclic) bond motifs is 1. The molecule has 9 heteroatoms.